The summed E-state index contributed by atoms with van der Waals surface area (Å²) in [4.78, 5) is 25.3. The Morgan fingerprint density at radius 1 is 0.941 bits per heavy atom. The lowest BCUT2D eigenvalue weighted by Crippen LogP contribution is -2.38. The molecular weight excluding hydrogens is 456 g/mol. The predicted octanol–water partition coefficient (Wildman–Crippen LogP) is 2.72. The van der Waals surface area contributed by atoms with Crippen molar-refractivity contribution in [3.05, 3.63) is 83.3 Å². The first kappa shape index (κ1) is 23.1. The van der Waals surface area contributed by atoms with Gasteiger partial charge in [0.15, 0.2) is 0 Å². The van der Waals surface area contributed by atoms with Gasteiger partial charge < -0.3 is 10.1 Å². The number of benzene rings is 3. The molecule has 0 saturated heterocycles. The van der Waals surface area contributed by atoms with Gasteiger partial charge in [-0.3, -0.25) is 18.2 Å². The molecule has 0 aliphatic carbocycles. The maximum absolute atomic E-state index is 13.5. The summed E-state index contributed by atoms with van der Waals surface area (Å²) in [7, 11) is 0.676. The highest BCUT2D eigenvalue weighted by Crippen LogP contribution is 2.32. The summed E-state index contributed by atoms with van der Waals surface area (Å²) in [5, 5.41) is 2.74. The zero-order chi connectivity index (χ0) is 24.5. The Morgan fingerprint density at radius 2 is 1.59 bits per heavy atom. The number of fused-ring (bicyclic) bond motifs is 1. The Hall–Kier alpha value is -4.05. The molecule has 4 aromatic rings. The molecule has 0 atom stereocenters. The van der Waals surface area contributed by atoms with Crippen LogP contribution >= 0.6 is 0 Å². The maximum atomic E-state index is 13.5. The van der Waals surface area contributed by atoms with Gasteiger partial charge in [0.05, 0.1) is 28.7 Å². The van der Waals surface area contributed by atoms with Gasteiger partial charge >= 0.3 is 5.69 Å². The number of carbonyl (C=O) groups excluding carboxylic acids is 1. The number of carbonyl (C=O) groups is 1. The molecule has 1 N–H and O–H groups in total. The van der Waals surface area contributed by atoms with Crippen LogP contribution in [0.25, 0.3) is 11.0 Å². The van der Waals surface area contributed by atoms with E-state index in [0.717, 1.165) is 4.31 Å². The smallest absolute Gasteiger partial charge is 0.328 e. The van der Waals surface area contributed by atoms with Crippen LogP contribution in [-0.2, 0) is 28.9 Å². The number of hydrogen-bond donors (Lipinski definition) is 1. The van der Waals surface area contributed by atoms with Gasteiger partial charge in [-0.1, -0.05) is 30.3 Å². The number of hydrogen-bond acceptors (Lipinski definition) is 5. The molecule has 3 aromatic carbocycles. The van der Waals surface area contributed by atoms with Gasteiger partial charge in [0.25, 0.3) is 10.0 Å². The fraction of sp³-hybridized carbons (Fsp3) is 0.167. The second kappa shape index (κ2) is 9.06. The topological polar surface area (TPSA) is 103 Å². The van der Waals surface area contributed by atoms with Crippen LogP contribution in [0.15, 0.2) is 82.5 Å². The highest BCUT2D eigenvalue weighted by atomic mass is 32.2. The molecule has 0 aliphatic rings. The number of aryl methyl sites for hydroxylation is 2. The van der Waals surface area contributed by atoms with E-state index < -0.39 is 22.5 Å². The molecule has 34 heavy (non-hydrogen) atoms. The molecule has 4 rings (SSSR count). The number of aromatic nitrogens is 2. The second-order valence-corrected chi connectivity index (χ2v) is 9.51. The normalized spacial score (nSPS) is 11.4. The van der Waals surface area contributed by atoms with E-state index >= 15 is 0 Å². The zero-order valence-corrected chi connectivity index (χ0v) is 19.7. The van der Waals surface area contributed by atoms with Crippen LogP contribution < -0.4 is 20.0 Å². The van der Waals surface area contributed by atoms with Gasteiger partial charge in [-0.2, -0.15) is 0 Å². The van der Waals surface area contributed by atoms with E-state index in [9.17, 15) is 18.0 Å². The number of imidazole rings is 1. The lowest BCUT2D eigenvalue weighted by molar-refractivity contribution is -0.114. The molecule has 0 aliphatic heterocycles. The lowest BCUT2D eigenvalue weighted by Gasteiger charge is -2.25. The van der Waals surface area contributed by atoms with Gasteiger partial charge in [-0.05, 0) is 42.5 Å². The number of rotatable bonds is 7. The van der Waals surface area contributed by atoms with Gasteiger partial charge in [0.2, 0.25) is 5.91 Å². The molecule has 176 valence electrons. The Labute approximate surface area is 196 Å². The van der Waals surface area contributed by atoms with Gasteiger partial charge in [-0.15, -0.1) is 0 Å². The third kappa shape index (κ3) is 4.15. The summed E-state index contributed by atoms with van der Waals surface area (Å²) in [6.07, 6.45) is 0. The summed E-state index contributed by atoms with van der Waals surface area (Å²) in [5.74, 6) is -0.235. The third-order valence-electron chi connectivity index (χ3n) is 5.53. The highest BCUT2D eigenvalue weighted by Gasteiger charge is 2.29. The average molecular weight is 481 g/mol. The van der Waals surface area contributed by atoms with Crippen molar-refractivity contribution in [3.8, 4) is 5.75 Å². The standard InChI is InChI=1S/C24H24N4O5S/c1-26-19-14-13-17(15-21(19)27(2)24(26)30)25-23(29)16-28(20-11-7-8-12-22(20)33-3)34(31,32)18-9-5-4-6-10-18/h4-15H,16H2,1-3H3,(H,25,29). The van der Waals surface area contributed by atoms with Crippen LogP contribution in [0.3, 0.4) is 0 Å². The molecule has 10 heteroatoms. The number of nitrogens with one attached hydrogen (secondary N) is 1. The second-order valence-electron chi connectivity index (χ2n) is 7.65. The van der Waals surface area contributed by atoms with Crippen LogP contribution in [0.5, 0.6) is 5.75 Å². The number of methoxy groups -OCH3 is 1. The Morgan fingerprint density at radius 3 is 2.29 bits per heavy atom. The number of para-hydroxylation sites is 2. The summed E-state index contributed by atoms with van der Waals surface area (Å²) in [6, 6.07) is 19.6. The van der Waals surface area contributed by atoms with Crippen molar-refractivity contribution in [3.63, 3.8) is 0 Å². The molecule has 9 nitrogen and oxygen atoms in total. The number of anilines is 2. The largest absolute Gasteiger partial charge is 0.495 e. The summed E-state index contributed by atoms with van der Waals surface area (Å²) < 4.78 is 36.4. The number of amides is 1. The SMILES string of the molecule is COc1ccccc1N(CC(=O)Nc1ccc2c(c1)n(C)c(=O)n2C)S(=O)(=O)c1ccccc1. The van der Waals surface area contributed by atoms with Crippen LogP contribution in [-0.4, -0.2) is 37.1 Å². The molecule has 0 spiro atoms. The van der Waals surface area contributed by atoms with Crippen molar-refractivity contribution in [1.82, 2.24) is 9.13 Å². The van der Waals surface area contributed by atoms with Gasteiger partial charge in [0.1, 0.15) is 12.3 Å². The van der Waals surface area contributed by atoms with Gasteiger partial charge in [0, 0.05) is 19.8 Å². The molecular formula is C24H24N4O5S. The number of sulfonamides is 1. The minimum atomic E-state index is -4.07. The fourth-order valence-electron chi connectivity index (χ4n) is 3.77. The quantitative estimate of drug-likeness (QED) is 0.438. The monoisotopic (exact) mass is 480 g/mol. The van der Waals surface area contributed by atoms with E-state index in [0.29, 0.717) is 22.5 Å². The van der Waals surface area contributed by atoms with Crippen molar-refractivity contribution in [2.45, 2.75) is 4.90 Å². The molecule has 0 bridgehead atoms. The van der Waals surface area contributed by atoms with E-state index in [1.54, 1.807) is 74.8 Å². The van der Waals surface area contributed by atoms with Crippen LogP contribution in [0.1, 0.15) is 0 Å². The zero-order valence-electron chi connectivity index (χ0n) is 18.9. The molecule has 0 radical (unpaired) electrons. The number of nitrogens with zero attached hydrogens (tertiary/aromatic N) is 3. The van der Waals surface area contributed by atoms with E-state index in [2.05, 4.69) is 5.32 Å². The molecule has 1 aromatic heterocycles. The first-order chi connectivity index (χ1) is 16.2. The van der Waals surface area contributed by atoms with E-state index in [1.165, 1.54) is 28.4 Å². The minimum Gasteiger partial charge on any atom is -0.495 e. The van der Waals surface area contributed by atoms with Gasteiger partial charge in [-0.25, -0.2) is 13.2 Å². The van der Waals surface area contributed by atoms with Crippen LogP contribution in [0, 0.1) is 0 Å². The maximum Gasteiger partial charge on any atom is 0.328 e. The Bertz CT molecular complexity index is 1520. The van der Waals surface area contributed by atoms with E-state index in [-0.39, 0.29) is 16.3 Å². The summed E-state index contributed by atoms with van der Waals surface area (Å²) >= 11 is 0. The highest BCUT2D eigenvalue weighted by molar-refractivity contribution is 7.92. The predicted molar refractivity (Wildman–Crippen MR) is 131 cm³/mol. The molecule has 1 amide bonds. The fourth-order valence-corrected chi connectivity index (χ4v) is 5.22. The first-order valence-electron chi connectivity index (χ1n) is 10.4. The Balaban J connectivity index is 1.69. The molecule has 0 unspecified atom stereocenters. The average Bonchev–Trinajstić information content (AvgIpc) is 3.06. The van der Waals surface area contributed by atoms with Crippen molar-refractivity contribution >= 4 is 38.3 Å². The Kier molecular flexibility index (Phi) is 6.16. The molecule has 1 heterocycles. The summed E-state index contributed by atoms with van der Waals surface area (Å²) in [6.45, 7) is -0.483. The first-order valence-corrected chi connectivity index (χ1v) is 11.8. The van der Waals surface area contributed by atoms with Crippen molar-refractivity contribution < 1.29 is 17.9 Å². The molecule has 0 saturated carbocycles. The van der Waals surface area contributed by atoms with E-state index in [4.69, 9.17) is 4.74 Å². The lowest BCUT2D eigenvalue weighted by atomic mass is 10.2. The minimum absolute atomic E-state index is 0.0504. The van der Waals surface area contributed by atoms with E-state index in [1.807, 2.05) is 0 Å². The summed E-state index contributed by atoms with van der Waals surface area (Å²) in [5.41, 5.74) is 1.85. The van der Waals surface area contributed by atoms with Crippen molar-refractivity contribution in [2.75, 3.05) is 23.3 Å². The van der Waals surface area contributed by atoms with Crippen molar-refractivity contribution in [2.24, 2.45) is 14.1 Å². The molecule has 0 fully saturated rings. The van der Waals surface area contributed by atoms with Crippen molar-refractivity contribution in [1.29, 1.82) is 0 Å². The van der Waals surface area contributed by atoms with Crippen LogP contribution in [0.2, 0.25) is 0 Å². The number of ether oxygens (including phenoxy) is 1. The van der Waals surface area contributed by atoms with Crippen LogP contribution in [0.4, 0.5) is 11.4 Å². The third-order valence-corrected chi connectivity index (χ3v) is 7.30.